The summed E-state index contributed by atoms with van der Waals surface area (Å²) in [6, 6.07) is -0.833. The van der Waals surface area contributed by atoms with Gasteiger partial charge in [-0.3, -0.25) is 0 Å². The number of nitrogens with zero attached hydrogens (tertiary/aromatic N) is 3. The molecule has 0 aromatic rings. The topological polar surface area (TPSA) is 114 Å². The Bertz CT molecular complexity index is 155. The third-order valence-electron chi connectivity index (χ3n) is 0.715. The van der Waals surface area contributed by atoms with E-state index in [1.54, 1.807) is 0 Å². The smallest absolute Gasteiger partial charge is 0.362 e. The second kappa shape index (κ2) is 6.15. The van der Waals surface area contributed by atoms with Crippen LogP contribution in [0.1, 0.15) is 0 Å². The maximum absolute atomic E-state index is 9.96. The summed E-state index contributed by atoms with van der Waals surface area (Å²) < 4.78 is 0. The number of aliphatic carboxylic acids is 1. The number of hydrogen-bond acceptors (Lipinski definition) is 2. The fourth-order valence-corrected chi connectivity index (χ4v) is 0.213. The summed E-state index contributed by atoms with van der Waals surface area (Å²) in [5.41, 5.74) is 10.9. The molecule has 0 bridgehead atoms. The predicted octanol–water partition coefficient (Wildman–Crippen LogP) is -4.00. The molecule has 6 nitrogen and oxygen atoms in total. The minimum atomic E-state index is -1.05. The van der Waals surface area contributed by atoms with Gasteiger partial charge in [-0.25, -0.2) is 4.79 Å². The number of hydrogen-bond donors (Lipinski definition) is 2. The van der Waals surface area contributed by atoms with Crippen LogP contribution in [-0.4, -0.2) is 23.7 Å². The number of rotatable bonds is 3. The van der Waals surface area contributed by atoms with Crippen LogP contribution in [0.2, 0.25) is 0 Å². The molecule has 0 fully saturated rings. The first-order valence-corrected chi connectivity index (χ1v) is 2.25. The Kier molecular flexibility index (Phi) is 7.25. The maximum atomic E-state index is 9.96. The molecule has 0 radical (unpaired) electrons. The lowest BCUT2D eigenvalue weighted by molar-refractivity contribution is -0.404. The van der Waals surface area contributed by atoms with E-state index in [2.05, 4.69) is 15.8 Å². The summed E-state index contributed by atoms with van der Waals surface area (Å²) in [4.78, 5) is 12.3. The monoisotopic (exact) mass is 166 g/mol. The predicted molar refractivity (Wildman–Crippen MR) is 28.3 cm³/mol. The number of carboxylic acid groups (broad SMARTS) is 1. The van der Waals surface area contributed by atoms with Gasteiger partial charge >= 0.3 is 5.97 Å². The van der Waals surface area contributed by atoms with Crippen molar-refractivity contribution in [2.75, 3.05) is 6.54 Å². The maximum Gasteiger partial charge on any atom is 0.362 e. The van der Waals surface area contributed by atoms with Crippen molar-refractivity contribution < 1.29 is 28.0 Å². The van der Waals surface area contributed by atoms with Crippen LogP contribution in [0.25, 0.3) is 10.4 Å². The first kappa shape index (κ1) is 11.8. The van der Waals surface area contributed by atoms with Crippen LogP contribution >= 0.6 is 0 Å². The highest BCUT2D eigenvalue weighted by molar-refractivity contribution is 5.71. The third kappa shape index (κ3) is 5.17. The van der Waals surface area contributed by atoms with E-state index in [4.69, 9.17) is 10.6 Å². The molecule has 10 heavy (non-hydrogen) atoms. The Hall–Kier alpha value is -0.970. The molecule has 0 aliphatic heterocycles. The minimum Gasteiger partial charge on any atom is -1.00 e. The number of halogens is 1. The number of carboxylic acids is 1. The van der Waals surface area contributed by atoms with Gasteiger partial charge < -0.3 is 23.2 Å². The molecule has 0 unspecified atom stereocenters. The average molecular weight is 167 g/mol. The molecular weight excluding hydrogens is 160 g/mol. The molecule has 0 aromatic carbocycles. The van der Waals surface area contributed by atoms with Crippen molar-refractivity contribution in [3.63, 3.8) is 0 Å². The molecule has 0 amide bonds. The van der Waals surface area contributed by atoms with Crippen LogP contribution in [0.15, 0.2) is 5.11 Å². The zero-order valence-corrected chi connectivity index (χ0v) is 5.82. The van der Waals surface area contributed by atoms with Crippen molar-refractivity contribution in [1.29, 1.82) is 0 Å². The van der Waals surface area contributed by atoms with Gasteiger partial charge in [-0.1, -0.05) is 5.11 Å². The van der Waals surface area contributed by atoms with Crippen molar-refractivity contribution in [3.05, 3.63) is 10.4 Å². The summed E-state index contributed by atoms with van der Waals surface area (Å²) in [6.07, 6.45) is 0. The Labute approximate surface area is 63.1 Å². The van der Waals surface area contributed by atoms with Crippen LogP contribution < -0.4 is 18.1 Å². The highest BCUT2D eigenvalue weighted by Crippen LogP contribution is 1.77. The van der Waals surface area contributed by atoms with Crippen LogP contribution in [0, 0.1) is 0 Å². The lowest BCUT2D eigenvalue weighted by Crippen LogP contribution is -3.00. The van der Waals surface area contributed by atoms with Crippen LogP contribution in [0.4, 0.5) is 0 Å². The third-order valence-corrected chi connectivity index (χ3v) is 0.715. The summed E-state index contributed by atoms with van der Waals surface area (Å²) in [6.45, 7) is -0.0914. The van der Waals surface area contributed by atoms with Gasteiger partial charge in [0.1, 0.15) is 0 Å². The second-order valence-electron chi connectivity index (χ2n) is 1.45. The summed E-state index contributed by atoms with van der Waals surface area (Å²) >= 11 is 0. The first-order valence-electron chi connectivity index (χ1n) is 2.25. The molecule has 1 atom stereocenters. The Morgan fingerprint density at radius 2 is 2.40 bits per heavy atom. The number of azide groups is 1. The second-order valence-corrected chi connectivity index (χ2v) is 1.45. The zero-order valence-electron chi connectivity index (χ0n) is 5.07. The lowest BCUT2D eigenvalue weighted by Gasteiger charge is -1.93. The van der Waals surface area contributed by atoms with E-state index in [0.717, 1.165) is 0 Å². The molecule has 0 aliphatic carbocycles. The zero-order chi connectivity index (χ0) is 7.28. The summed E-state index contributed by atoms with van der Waals surface area (Å²) in [5, 5.41) is 11.2. The molecule has 0 aliphatic rings. The molecule has 0 saturated carbocycles. The first-order chi connectivity index (χ1) is 4.18. The van der Waals surface area contributed by atoms with Crippen molar-refractivity contribution >= 4 is 5.97 Å². The highest BCUT2D eigenvalue weighted by Gasteiger charge is 2.12. The van der Waals surface area contributed by atoms with Gasteiger partial charge in [-0.05, 0) is 5.53 Å². The largest absolute Gasteiger partial charge is 1.00 e. The van der Waals surface area contributed by atoms with E-state index < -0.39 is 12.0 Å². The normalized spacial score (nSPS) is 10.5. The minimum absolute atomic E-state index is 0. The van der Waals surface area contributed by atoms with E-state index in [1.807, 2.05) is 0 Å². The van der Waals surface area contributed by atoms with E-state index in [0.29, 0.717) is 0 Å². The molecule has 0 spiro atoms. The molecule has 0 rings (SSSR count). The quantitative estimate of drug-likeness (QED) is 0.253. The molecule has 7 heteroatoms. The SMILES string of the molecule is [Cl-].[N-]=[N+]=NC[C@@H]([NH3+])C(=O)O. The Morgan fingerprint density at radius 1 is 1.90 bits per heavy atom. The molecule has 0 aromatic heterocycles. The van der Waals surface area contributed by atoms with E-state index >= 15 is 0 Å². The summed E-state index contributed by atoms with van der Waals surface area (Å²) in [5.74, 6) is -1.05. The van der Waals surface area contributed by atoms with Crippen molar-refractivity contribution in [2.24, 2.45) is 5.11 Å². The fraction of sp³-hybridized carbons (Fsp3) is 0.667. The number of quaternary nitrogens is 1. The van der Waals surface area contributed by atoms with Crippen LogP contribution in [-0.2, 0) is 4.79 Å². The van der Waals surface area contributed by atoms with Gasteiger partial charge in [0.05, 0.1) is 6.54 Å². The van der Waals surface area contributed by atoms with Crippen molar-refractivity contribution in [1.82, 2.24) is 0 Å². The molecular formula is C3H7ClN4O2. The van der Waals surface area contributed by atoms with Crippen molar-refractivity contribution in [2.45, 2.75) is 6.04 Å². The van der Waals surface area contributed by atoms with Gasteiger partial charge in [-0.2, -0.15) is 0 Å². The lowest BCUT2D eigenvalue weighted by atomic mass is 10.3. The average Bonchev–Trinajstić information content (AvgIpc) is 1.82. The standard InChI is InChI=1S/C3H6N4O2.ClH/c4-2(3(8)9)1-6-7-5;/h2H,1,4H2,(H,8,9);1H/t2-;/m1./s1. The van der Waals surface area contributed by atoms with Crippen LogP contribution in [0.3, 0.4) is 0 Å². The van der Waals surface area contributed by atoms with E-state index in [-0.39, 0.29) is 19.0 Å². The van der Waals surface area contributed by atoms with E-state index in [9.17, 15) is 4.79 Å². The molecule has 0 saturated heterocycles. The summed E-state index contributed by atoms with van der Waals surface area (Å²) in [7, 11) is 0. The van der Waals surface area contributed by atoms with Crippen LogP contribution in [0.5, 0.6) is 0 Å². The van der Waals surface area contributed by atoms with Gasteiger partial charge in [0.2, 0.25) is 0 Å². The van der Waals surface area contributed by atoms with Gasteiger partial charge in [0, 0.05) is 4.91 Å². The Balaban J connectivity index is 0. The van der Waals surface area contributed by atoms with E-state index in [1.165, 1.54) is 0 Å². The fourth-order valence-electron chi connectivity index (χ4n) is 0.213. The molecule has 58 valence electrons. The molecule has 4 N–H and O–H groups in total. The van der Waals surface area contributed by atoms with Crippen molar-refractivity contribution in [3.8, 4) is 0 Å². The molecule has 0 heterocycles. The van der Waals surface area contributed by atoms with Gasteiger partial charge in [-0.15, -0.1) is 0 Å². The number of carbonyl (C=O) groups is 1. The van der Waals surface area contributed by atoms with Gasteiger partial charge in [0.25, 0.3) is 0 Å². The highest BCUT2D eigenvalue weighted by atomic mass is 35.5. The Morgan fingerprint density at radius 3 is 2.70 bits per heavy atom. The van der Waals surface area contributed by atoms with Gasteiger partial charge in [0.15, 0.2) is 6.04 Å².